The minimum Gasteiger partial charge on any atom is -0.818 e. The van der Waals surface area contributed by atoms with Crippen LogP contribution in [0.1, 0.15) is 0 Å². The largest absolute Gasteiger partial charge is 2.00 e. The van der Waals surface area contributed by atoms with Gasteiger partial charge in [-0.3, -0.25) is 9.93 Å². The van der Waals surface area contributed by atoms with Gasteiger partial charge in [-0.15, -0.1) is 8.60 Å². The van der Waals surface area contributed by atoms with Crippen LogP contribution in [0.4, 0.5) is 0 Å². The molecular formula is HO4PZn. The third kappa shape index (κ3) is 8.86. The molecule has 0 radical (unpaired) electrons. The Morgan fingerprint density at radius 1 is 1.50 bits per heavy atom. The molecule has 0 atom stereocenters. The first-order chi connectivity index (χ1) is 2.27. The van der Waals surface area contributed by atoms with E-state index in [0.717, 1.165) is 0 Å². The van der Waals surface area contributed by atoms with Crippen molar-refractivity contribution in [1.82, 2.24) is 0 Å². The summed E-state index contributed by atoms with van der Waals surface area (Å²) in [6.07, 6.45) is 0. The van der Waals surface area contributed by atoms with E-state index in [1.165, 1.54) is 0 Å². The van der Waals surface area contributed by atoms with Gasteiger partial charge >= 0.3 is 19.5 Å². The van der Waals surface area contributed by atoms with E-state index in [1.807, 2.05) is 0 Å². The molecule has 6 heavy (non-hydrogen) atoms. The molecule has 0 spiro atoms. The maximum atomic E-state index is 8.93. The maximum Gasteiger partial charge on any atom is 2.00 e. The average Bonchev–Trinajstić information content (AvgIpc) is 1.38. The van der Waals surface area contributed by atoms with Gasteiger partial charge in [-0.2, -0.15) is 0 Å². The van der Waals surface area contributed by atoms with Crippen LogP contribution in [0.15, 0.2) is 0 Å². The minimum atomic E-state index is -3.04. The Morgan fingerprint density at radius 2 is 1.67 bits per heavy atom. The average molecular weight is 161 g/mol. The van der Waals surface area contributed by atoms with Crippen LogP contribution in [0.2, 0.25) is 0 Å². The molecule has 1 N–H and O–H groups in total. The molecule has 32 valence electrons. The number of hydrogen-bond donors (Lipinski definition) is 1. The molecule has 0 aromatic heterocycles. The molecule has 0 aliphatic rings. The van der Waals surface area contributed by atoms with Gasteiger partial charge in [0, 0.05) is 0 Å². The topological polar surface area (TPSA) is 75.6 Å². The second-order valence-electron chi connectivity index (χ2n) is 0.305. The summed E-state index contributed by atoms with van der Waals surface area (Å²) in [6.45, 7) is 0. The monoisotopic (exact) mass is 160 g/mol. The molecule has 0 aliphatic heterocycles. The van der Waals surface area contributed by atoms with Crippen molar-refractivity contribution in [3.8, 4) is 0 Å². The molecule has 6 heteroatoms. The predicted molar refractivity (Wildman–Crippen MR) is 10.6 cm³/mol. The Kier molecular flexibility index (Phi) is 9.82. The second kappa shape index (κ2) is 5.89. The molecule has 0 aromatic carbocycles. The van der Waals surface area contributed by atoms with E-state index < -0.39 is 8.60 Å². The van der Waals surface area contributed by atoms with Gasteiger partial charge in [0.05, 0.1) is 0 Å². The van der Waals surface area contributed by atoms with Gasteiger partial charge in [0.2, 0.25) is 0 Å². The van der Waals surface area contributed by atoms with Crippen molar-refractivity contribution >= 4 is 8.60 Å². The smallest absolute Gasteiger partial charge is 0.818 e. The summed E-state index contributed by atoms with van der Waals surface area (Å²) in [7, 11) is -3.04. The van der Waals surface area contributed by atoms with Crippen LogP contribution in [0.25, 0.3) is 0 Å². The molecule has 4 nitrogen and oxygen atoms in total. The van der Waals surface area contributed by atoms with E-state index in [9.17, 15) is 0 Å². The van der Waals surface area contributed by atoms with Crippen LogP contribution in [0.3, 0.4) is 0 Å². The first kappa shape index (κ1) is 10.00. The standard InChI is InChI=1S/HO4P.Zn/c1-4-5(2)3;/h1H;/q-2;+2. The Balaban J connectivity index is 0. The van der Waals surface area contributed by atoms with Crippen LogP contribution in [0, 0.1) is 0 Å². The Labute approximate surface area is 48.4 Å². The predicted octanol–water partition coefficient (Wildman–Crippen LogP) is -1.58. The van der Waals surface area contributed by atoms with Crippen LogP contribution in [-0.2, 0) is 24.2 Å². The number of rotatable bonds is 1. The third-order valence-corrected chi connectivity index (χ3v) is 0.200. The van der Waals surface area contributed by atoms with E-state index in [1.54, 1.807) is 0 Å². The Bertz CT molecular complexity index is 21.5. The first-order valence-electron chi connectivity index (χ1n) is 0.730. The molecule has 0 fully saturated rings. The van der Waals surface area contributed by atoms with E-state index >= 15 is 0 Å². The van der Waals surface area contributed by atoms with Gasteiger partial charge in [-0.05, 0) is 0 Å². The summed E-state index contributed by atoms with van der Waals surface area (Å²) in [5, 5.41) is 7.05. The van der Waals surface area contributed by atoms with Gasteiger partial charge in [-0.1, -0.05) is 0 Å². The fraction of sp³-hybridized carbons (Fsp3) is 0. The zero-order valence-electron chi connectivity index (χ0n) is 2.83. The first-order valence-corrected chi connectivity index (χ1v) is 1.83. The number of hydrogen-bond acceptors (Lipinski definition) is 4. The molecule has 0 amide bonds. The third-order valence-electron chi connectivity index (χ3n) is 0.0667. The Hall–Kier alpha value is 0.893. The zero-order chi connectivity index (χ0) is 4.28. The van der Waals surface area contributed by atoms with Gasteiger partial charge in [0.1, 0.15) is 0 Å². The summed E-state index contributed by atoms with van der Waals surface area (Å²) in [4.78, 5) is 17.9. The van der Waals surface area contributed by atoms with E-state index in [-0.39, 0.29) is 19.5 Å². The summed E-state index contributed by atoms with van der Waals surface area (Å²) in [5.41, 5.74) is 0. The summed E-state index contributed by atoms with van der Waals surface area (Å²) < 4.78 is 2.70. The van der Waals surface area contributed by atoms with E-state index in [2.05, 4.69) is 4.67 Å². The molecule has 0 bridgehead atoms. The van der Waals surface area contributed by atoms with Crippen LogP contribution >= 0.6 is 8.60 Å². The van der Waals surface area contributed by atoms with Crippen molar-refractivity contribution in [3.63, 3.8) is 0 Å². The fourth-order valence-corrected chi connectivity index (χ4v) is 0. The van der Waals surface area contributed by atoms with Crippen molar-refractivity contribution in [2.24, 2.45) is 0 Å². The molecule has 0 aromatic rings. The van der Waals surface area contributed by atoms with Gasteiger partial charge < -0.3 is 9.79 Å². The zero-order valence-corrected chi connectivity index (χ0v) is 6.69. The summed E-state index contributed by atoms with van der Waals surface area (Å²) in [6, 6.07) is 0. The van der Waals surface area contributed by atoms with Crippen LogP contribution in [0.5, 0.6) is 0 Å². The molecular weight excluding hydrogens is 160 g/mol. The van der Waals surface area contributed by atoms with Crippen molar-refractivity contribution < 1.29 is 39.2 Å². The van der Waals surface area contributed by atoms with Crippen LogP contribution in [-0.4, -0.2) is 5.26 Å². The minimum absolute atomic E-state index is 0. The molecule has 0 saturated carbocycles. The summed E-state index contributed by atoms with van der Waals surface area (Å²) >= 11 is 0. The second-order valence-corrected chi connectivity index (χ2v) is 0.916. The molecule has 0 saturated heterocycles. The summed E-state index contributed by atoms with van der Waals surface area (Å²) in [5.74, 6) is 0. The van der Waals surface area contributed by atoms with Crippen LogP contribution < -0.4 is 9.79 Å². The molecule has 0 unspecified atom stereocenters. The SMILES string of the molecule is [O-]P([O-])OO.[Zn+2]. The molecule has 0 rings (SSSR count). The van der Waals surface area contributed by atoms with Crippen molar-refractivity contribution in [2.45, 2.75) is 0 Å². The van der Waals surface area contributed by atoms with Gasteiger partial charge in [-0.25, -0.2) is 0 Å². The molecule has 0 heterocycles. The van der Waals surface area contributed by atoms with E-state index in [0.29, 0.717) is 0 Å². The fourth-order valence-electron chi connectivity index (χ4n) is 0. The van der Waals surface area contributed by atoms with Crippen molar-refractivity contribution in [3.05, 3.63) is 0 Å². The Morgan fingerprint density at radius 3 is 1.67 bits per heavy atom. The van der Waals surface area contributed by atoms with Crippen molar-refractivity contribution in [1.29, 1.82) is 0 Å². The normalized spacial score (nSPS) is 8.00. The maximum absolute atomic E-state index is 8.93. The quantitative estimate of drug-likeness (QED) is 0.218. The van der Waals surface area contributed by atoms with Gasteiger partial charge in [0.15, 0.2) is 0 Å². The van der Waals surface area contributed by atoms with E-state index in [4.69, 9.17) is 15.0 Å². The molecule has 0 aliphatic carbocycles. The van der Waals surface area contributed by atoms with Crippen molar-refractivity contribution in [2.75, 3.05) is 0 Å². The van der Waals surface area contributed by atoms with Gasteiger partial charge in [0.25, 0.3) is 0 Å².